The van der Waals surface area contributed by atoms with Crippen LogP contribution in [0.15, 0.2) is 35.5 Å². The molecule has 0 fully saturated rings. The van der Waals surface area contributed by atoms with Crippen LogP contribution in [0, 0.1) is 0 Å². The van der Waals surface area contributed by atoms with Crippen molar-refractivity contribution in [3.63, 3.8) is 0 Å². The molecule has 0 spiro atoms. The summed E-state index contributed by atoms with van der Waals surface area (Å²) in [5.41, 5.74) is 0.389. The molecule has 1 heterocycles. The molecule has 21 heavy (non-hydrogen) atoms. The summed E-state index contributed by atoms with van der Waals surface area (Å²) in [4.78, 5) is 15.4. The van der Waals surface area contributed by atoms with Crippen LogP contribution in [-0.2, 0) is 10.0 Å². The first-order valence-corrected chi connectivity index (χ1v) is 7.62. The second-order valence-corrected chi connectivity index (χ2v) is 6.03. The number of sulfonamides is 1. The third-order valence-electron chi connectivity index (χ3n) is 2.83. The number of aromatic amines is 1. The molecule has 0 aliphatic heterocycles. The number of carbonyl (C=O) groups is 1. The largest absolute Gasteiger partial charge is 0.355 e. The highest BCUT2D eigenvalue weighted by Crippen LogP contribution is 2.14. The molecule has 0 aliphatic carbocycles. The van der Waals surface area contributed by atoms with Crippen LogP contribution in [0.25, 0.3) is 0 Å². The van der Waals surface area contributed by atoms with E-state index in [-0.39, 0.29) is 10.8 Å². The topological polar surface area (TPSA) is 117 Å². The normalized spacial score (nSPS) is 12.9. The van der Waals surface area contributed by atoms with Gasteiger partial charge in [-0.3, -0.25) is 9.89 Å². The predicted octanol–water partition coefficient (Wildman–Crippen LogP) is 0.204. The number of aromatic nitrogens is 3. The number of hydrogen-bond donors (Lipinski definition) is 3. The molecule has 0 aliphatic rings. The molecule has 2 aromatic rings. The summed E-state index contributed by atoms with van der Waals surface area (Å²) in [6.07, 6.45) is 1.30. The van der Waals surface area contributed by atoms with Gasteiger partial charge in [0.2, 0.25) is 10.0 Å². The Balaban J connectivity index is 2.18. The van der Waals surface area contributed by atoms with E-state index in [1.165, 1.54) is 37.6 Å². The molecule has 1 aromatic heterocycles. The molecular formula is C12H15N5O3S. The summed E-state index contributed by atoms with van der Waals surface area (Å²) in [5, 5.41) is 8.74. The van der Waals surface area contributed by atoms with Gasteiger partial charge in [0, 0.05) is 12.6 Å². The fourth-order valence-corrected chi connectivity index (χ4v) is 2.92. The van der Waals surface area contributed by atoms with Crippen LogP contribution in [0.5, 0.6) is 0 Å². The SMILES string of the molecule is CNC(=O)c1ccc(S(=O)(=O)NC(C)c2ncn[nH]2)cc1. The summed E-state index contributed by atoms with van der Waals surface area (Å²) in [5.74, 6) is 0.141. The summed E-state index contributed by atoms with van der Waals surface area (Å²) >= 11 is 0. The van der Waals surface area contributed by atoms with Gasteiger partial charge in [0.25, 0.3) is 5.91 Å². The van der Waals surface area contributed by atoms with Crippen LogP contribution in [0.1, 0.15) is 29.1 Å². The van der Waals surface area contributed by atoms with Crippen LogP contribution in [0.2, 0.25) is 0 Å². The van der Waals surface area contributed by atoms with Gasteiger partial charge in [-0.2, -0.15) is 5.10 Å². The average molecular weight is 309 g/mol. The first-order valence-electron chi connectivity index (χ1n) is 6.14. The minimum atomic E-state index is -3.70. The van der Waals surface area contributed by atoms with Crippen LogP contribution >= 0.6 is 0 Å². The highest BCUT2D eigenvalue weighted by Gasteiger charge is 2.20. The molecule has 2 rings (SSSR count). The molecule has 8 nitrogen and oxygen atoms in total. The molecule has 1 atom stereocenters. The molecule has 1 aromatic carbocycles. The van der Waals surface area contributed by atoms with Crippen LogP contribution in [-0.4, -0.2) is 36.6 Å². The smallest absolute Gasteiger partial charge is 0.251 e. The van der Waals surface area contributed by atoms with Gasteiger partial charge < -0.3 is 5.32 Å². The summed E-state index contributed by atoms with van der Waals surface area (Å²) in [6, 6.07) is 5.11. The van der Waals surface area contributed by atoms with E-state index in [4.69, 9.17) is 0 Å². The van der Waals surface area contributed by atoms with E-state index in [1.807, 2.05) is 0 Å². The standard InChI is InChI=1S/C12H15N5O3S/c1-8(11-14-7-15-16-11)17-21(19,20)10-5-3-9(4-6-10)12(18)13-2/h3-8,17H,1-2H3,(H,13,18)(H,14,15,16). The molecule has 9 heteroatoms. The summed E-state index contributed by atoms with van der Waals surface area (Å²) in [7, 11) is -2.20. The number of hydrogen-bond acceptors (Lipinski definition) is 5. The molecule has 3 N–H and O–H groups in total. The minimum absolute atomic E-state index is 0.0709. The molecule has 0 saturated carbocycles. The lowest BCUT2D eigenvalue weighted by Gasteiger charge is -2.12. The molecular weight excluding hydrogens is 294 g/mol. The lowest BCUT2D eigenvalue weighted by atomic mass is 10.2. The van der Waals surface area contributed by atoms with E-state index < -0.39 is 16.1 Å². The number of nitrogens with one attached hydrogen (secondary N) is 3. The maximum Gasteiger partial charge on any atom is 0.251 e. The van der Waals surface area contributed by atoms with Crippen LogP contribution in [0.4, 0.5) is 0 Å². The second-order valence-electron chi connectivity index (χ2n) is 4.32. The minimum Gasteiger partial charge on any atom is -0.355 e. The Morgan fingerprint density at radius 3 is 2.48 bits per heavy atom. The molecule has 1 amide bonds. The zero-order valence-electron chi connectivity index (χ0n) is 11.5. The van der Waals surface area contributed by atoms with Crippen LogP contribution < -0.4 is 10.0 Å². The lowest BCUT2D eigenvalue weighted by Crippen LogP contribution is -2.27. The van der Waals surface area contributed by atoms with Crippen molar-refractivity contribution in [1.29, 1.82) is 0 Å². The molecule has 0 radical (unpaired) electrons. The maximum absolute atomic E-state index is 12.2. The highest BCUT2D eigenvalue weighted by atomic mass is 32.2. The van der Waals surface area contributed by atoms with E-state index in [0.717, 1.165) is 0 Å². The average Bonchev–Trinajstić information content (AvgIpc) is 3.00. The van der Waals surface area contributed by atoms with Gasteiger partial charge >= 0.3 is 0 Å². The Labute approximate surface area is 122 Å². The van der Waals surface area contributed by atoms with E-state index in [2.05, 4.69) is 25.2 Å². The fourth-order valence-electron chi connectivity index (χ4n) is 1.71. The third kappa shape index (κ3) is 3.44. The first-order chi connectivity index (χ1) is 9.94. The maximum atomic E-state index is 12.2. The number of benzene rings is 1. The number of carbonyl (C=O) groups excluding carboxylic acids is 1. The lowest BCUT2D eigenvalue weighted by molar-refractivity contribution is 0.0963. The summed E-state index contributed by atoms with van der Waals surface area (Å²) < 4.78 is 26.9. The number of rotatable bonds is 5. The Kier molecular flexibility index (Phi) is 4.34. The van der Waals surface area contributed by atoms with Gasteiger partial charge in [-0.05, 0) is 31.2 Å². The van der Waals surface area contributed by atoms with Gasteiger partial charge in [-0.25, -0.2) is 18.1 Å². The first kappa shape index (κ1) is 15.1. The van der Waals surface area contributed by atoms with Crippen molar-refractivity contribution in [1.82, 2.24) is 25.2 Å². The van der Waals surface area contributed by atoms with Gasteiger partial charge in [0.1, 0.15) is 12.2 Å². The van der Waals surface area contributed by atoms with Gasteiger partial charge in [0.15, 0.2) is 0 Å². The Morgan fingerprint density at radius 2 is 1.95 bits per heavy atom. The molecule has 1 unspecified atom stereocenters. The van der Waals surface area contributed by atoms with E-state index in [9.17, 15) is 13.2 Å². The Bertz CT molecular complexity index is 710. The summed E-state index contributed by atoms with van der Waals surface area (Å²) in [6.45, 7) is 1.65. The zero-order chi connectivity index (χ0) is 15.5. The molecule has 0 bridgehead atoms. The monoisotopic (exact) mass is 309 g/mol. The zero-order valence-corrected chi connectivity index (χ0v) is 12.3. The number of amides is 1. The van der Waals surface area contributed by atoms with Crippen molar-refractivity contribution < 1.29 is 13.2 Å². The van der Waals surface area contributed by atoms with Crippen molar-refractivity contribution >= 4 is 15.9 Å². The van der Waals surface area contributed by atoms with E-state index in [1.54, 1.807) is 6.92 Å². The molecule has 112 valence electrons. The fraction of sp³-hybridized carbons (Fsp3) is 0.250. The van der Waals surface area contributed by atoms with E-state index in [0.29, 0.717) is 11.4 Å². The Morgan fingerprint density at radius 1 is 1.29 bits per heavy atom. The van der Waals surface area contributed by atoms with Crippen LogP contribution in [0.3, 0.4) is 0 Å². The Hall–Kier alpha value is -2.26. The quantitative estimate of drug-likeness (QED) is 0.729. The number of H-pyrrole nitrogens is 1. The van der Waals surface area contributed by atoms with Crippen molar-refractivity contribution in [3.8, 4) is 0 Å². The second kappa shape index (κ2) is 6.02. The molecule has 0 saturated heterocycles. The van der Waals surface area contributed by atoms with Gasteiger partial charge in [0.05, 0.1) is 10.9 Å². The van der Waals surface area contributed by atoms with Crippen molar-refractivity contribution in [2.45, 2.75) is 17.9 Å². The van der Waals surface area contributed by atoms with Crippen molar-refractivity contribution in [3.05, 3.63) is 42.0 Å². The van der Waals surface area contributed by atoms with Crippen molar-refractivity contribution in [2.75, 3.05) is 7.05 Å². The third-order valence-corrected chi connectivity index (χ3v) is 4.39. The highest BCUT2D eigenvalue weighted by molar-refractivity contribution is 7.89. The number of nitrogens with zero attached hydrogens (tertiary/aromatic N) is 2. The van der Waals surface area contributed by atoms with Gasteiger partial charge in [-0.1, -0.05) is 0 Å². The predicted molar refractivity (Wildman–Crippen MR) is 75.0 cm³/mol. The van der Waals surface area contributed by atoms with Gasteiger partial charge in [-0.15, -0.1) is 0 Å². The van der Waals surface area contributed by atoms with Crippen molar-refractivity contribution in [2.24, 2.45) is 0 Å². The van der Waals surface area contributed by atoms with E-state index >= 15 is 0 Å².